The van der Waals surface area contributed by atoms with Gasteiger partial charge in [-0.05, 0) is 51.0 Å². The Hall–Kier alpha value is -2.24. The standard InChI is InChI=1S/C21H36N4O2/c1-9-12-25(19(26)15(2)3)14-16-13-17(10-11-18(16)24(7)8)22-20(27)23-21(4,5)6/h10-11,13,15H,9,12,14H2,1-8H3,(H2,22,23,27). The summed E-state index contributed by atoms with van der Waals surface area (Å²) < 4.78 is 0. The molecular formula is C21H36N4O2. The first-order chi connectivity index (χ1) is 12.4. The van der Waals surface area contributed by atoms with Crippen LogP contribution in [0.25, 0.3) is 0 Å². The van der Waals surface area contributed by atoms with Crippen molar-refractivity contribution in [2.75, 3.05) is 30.9 Å². The van der Waals surface area contributed by atoms with Crippen molar-refractivity contribution in [3.63, 3.8) is 0 Å². The first-order valence-electron chi connectivity index (χ1n) is 9.62. The van der Waals surface area contributed by atoms with Crippen molar-refractivity contribution in [1.82, 2.24) is 10.2 Å². The van der Waals surface area contributed by atoms with E-state index in [0.717, 1.165) is 17.7 Å². The third kappa shape index (κ3) is 7.49. The zero-order valence-electron chi connectivity index (χ0n) is 18.1. The highest BCUT2D eigenvalue weighted by atomic mass is 16.2. The van der Waals surface area contributed by atoms with Gasteiger partial charge in [0.25, 0.3) is 0 Å². The SMILES string of the molecule is CCCN(Cc1cc(NC(=O)NC(C)(C)C)ccc1N(C)C)C(=O)C(C)C. The van der Waals surface area contributed by atoms with Crippen LogP contribution in [0.2, 0.25) is 0 Å². The zero-order chi connectivity index (χ0) is 20.8. The van der Waals surface area contributed by atoms with E-state index in [1.54, 1.807) is 0 Å². The van der Waals surface area contributed by atoms with Gasteiger partial charge >= 0.3 is 6.03 Å². The van der Waals surface area contributed by atoms with Gasteiger partial charge < -0.3 is 20.4 Å². The van der Waals surface area contributed by atoms with E-state index in [9.17, 15) is 9.59 Å². The van der Waals surface area contributed by atoms with Crippen LogP contribution in [-0.4, -0.2) is 43.0 Å². The maximum absolute atomic E-state index is 12.6. The van der Waals surface area contributed by atoms with Gasteiger partial charge in [0.1, 0.15) is 0 Å². The van der Waals surface area contributed by atoms with Crippen LogP contribution in [0, 0.1) is 5.92 Å². The van der Waals surface area contributed by atoms with E-state index in [0.29, 0.717) is 18.8 Å². The maximum Gasteiger partial charge on any atom is 0.319 e. The molecule has 0 aromatic heterocycles. The fraction of sp³-hybridized carbons (Fsp3) is 0.619. The fourth-order valence-electron chi connectivity index (χ4n) is 2.84. The van der Waals surface area contributed by atoms with Gasteiger partial charge in [-0.1, -0.05) is 20.8 Å². The maximum atomic E-state index is 12.6. The summed E-state index contributed by atoms with van der Waals surface area (Å²) in [4.78, 5) is 28.7. The minimum atomic E-state index is -0.307. The number of nitrogens with zero attached hydrogens (tertiary/aromatic N) is 2. The Morgan fingerprint density at radius 1 is 1.15 bits per heavy atom. The predicted molar refractivity (Wildman–Crippen MR) is 113 cm³/mol. The molecule has 0 aliphatic rings. The third-order valence-electron chi connectivity index (χ3n) is 3.97. The molecule has 0 saturated heterocycles. The quantitative estimate of drug-likeness (QED) is 0.754. The van der Waals surface area contributed by atoms with Gasteiger partial charge in [-0.2, -0.15) is 0 Å². The number of hydrogen-bond acceptors (Lipinski definition) is 3. The number of amides is 3. The molecule has 6 nitrogen and oxygen atoms in total. The first kappa shape index (κ1) is 22.8. The third-order valence-corrected chi connectivity index (χ3v) is 3.97. The fourth-order valence-corrected chi connectivity index (χ4v) is 2.84. The number of benzene rings is 1. The molecule has 27 heavy (non-hydrogen) atoms. The normalized spacial score (nSPS) is 11.3. The first-order valence-corrected chi connectivity index (χ1v) is 9.62. The summed E-state index contributed by atoms with van der Waals surface area (Å²) in [5.41, 5.74) is 2.45. The lowest BCUT2D eigenvalue weighted by Gasteiger charge is -2.27. The van der Waals surface area contributed by atoms with Crippen molar-refractivity contribution in [2.45, 2.75) is 60.0 Å². The van der Waals surface area contributed by atoms with Crippen molar-refractivity contribution >= 4 is 23.3 Å². The highest BCUT2D eigenvalue weighted by Gasteiger charge is 2.19. The van der Waals surface area contributed by atoms with E-state index < -0.39 is 0 Å². The molecule has 0 atom stereocenters. The number of nitrogens with one attached hydrogen (secondary N) is 2. The molecule has 0 heterocycles. The summed E-state index contributed by atoms with van der Waals surface area (Å²) in [7, 11) is 3.96. The lowest BCUT2D eigenvalue weighted by atomic mass is 10.1. The average Bonchev–Trinajstić information content (AvgIpc) is 2.51. The Labute approximate surface area is 164 Å². The van der Waals surface area contributed by atoms with E-state index in [1.165, 1.54) is 0 Å². The number of hydrogen-bond donors (Lipinski definition) is 2. The molecule has 0 aliphatic carbocycles. The number of rotatable bonds is 7. The molecule has 0 unspecified atom stereocenters. The van der Waals surface area contributed by atoms with Gasteiger partial charge in [0.2, 0.25) is 5.91 Å². The predicted octanol–water partition coefficient (Wildman–Crippen LogP) is 4.07. The van der Waals surface area contributed by atoms with Crippen LogP contribution in [0.4, 0.5) is 16.2 Å². The van der Waals surface area contributed by atoms with Gasteiger partial charge in [-0.3, -0.25) is 4.79 Å². The molecule has 0 saturated carbocycles. The van der Waals surface area contributed by atoms with Crippen LogP contribution in [0.1, 0.15) is 53.5 Å². The van der Waals surface area contributed by atoms with Gasteiger partial charge in [0.15, 0.2) is 0 Å². The summed E-state index contributed by atoms with van der Waals surface area (Å²) in [5, 5.41) is 5.78. The zero-order valence-corrected chi connectivity index (χ0v) is 18.1. The van der Waals surface area contributed by atoms with E-state index in [-0.39, 0.29) is 23.4 Å². The lowest BCUT2D eigenvalue weighted by molar-refractivity contribution is -0.135. The Bertz CT molecular complexity index is 648. The second-order valence-corrected chi connectivity index (χ2v) is 8.48. The van der Waals surface area contributed by atoms with E-state index in [2.05, 4.69) is 17.6 Å². The van der Waals surface area contributed by atoms with Gasteiger partial charge in [0, 0.05) is 50.0 Å². The summed E-state index contributed by atoms with van der Waals surface area (Å²) in [5.74, 6) is 0.101. The van der Waals surface area contributed by atoms with Crippen LogP contribution >= 0.6 is 0 Å². The molecule has 1 aromatic rings. The molecule has 1 aromatic carbocycles. The Kier molecular flexibility index (Phi) is 8.13. The number of carbonyl (C=O) groups excluding carboxylic acids is 2. The van der Waals surface area contributed by atoms with Crippen LogP contribution < -0.4 is 15.5 Å². The van der Waals surface area contributed by atoms with E-state index >= 15 is 0 Å². The molecule has 0 bridgehead atoms. The van der Waals surface area contributed by atoms with Gasteiger partial charge in [-0.25, -0.2) is 4.79 Å². The van der Waals surface area contributed by atoms with E-state index in [1.807, 2.05) is 76.7 Å². The molecular weight excluding hydrogens is 340 g/mol. The topological polar surface area (TPSA) is 64.7 Å². The molecule has 2 N–H and O–H groups in total. The second-order valence-electron chi connectivity index (χ2n) is 8.48. The molecule has 0 radical (unpaired) electrons. The smallest absolute Gasteiger partial charge is 0.319 e. The number of urea groups is 1. The molecule has 0 aliphatic heterocycles. The minimum Gasteiger partial charge on any atom is -0.377 e. The number of carbonyl (C=O) groups is 2. The Balaban J connectivity index is 3.11. The Morgan fingerprint density at radius 2 is 1.78 bits per heavy atom. The monoisotopic (exact) mass is 376 g/mol. The molecule has 0 fully saturated rings. The average molecular weight is 377 g/mol. The largest absolute Gasteiger partial charge is 0.377 e. The van der Waals surface area contributed by atoms with Gasteiger partial charge in [-0.15, -0.1) is 0 Å². The van der Waals surface area contributed by atoms with Crippen molar-refractivity contribution in [3.8, 4) is 0 Å². The van der Waals surface area contributed by atoms with Crippen molar-refractivity contribution in [3.05, 3.63) is 23.8 Å². The van der Waals surface area contributed by atoms with Crippen molar-refractivity contribution in [1.29, 1.82) is 0 Å². The van der Waals surface area contributed by atoms with Crippen LogP contribution in [-0.2, 0) is 11.3 Å². The molecule has 152 valence electrons. The van der Waals surface area contributed by atoms with Crippen LogP contribution in [0.5, 0.6) is 0 Å². The molecule has 0 spiro atoms. The highest BCUT2D eigenvalue weighted by molar-refractivity contribution is 5.90. The van der Waals surface area contributed by atoms with Crippen molar-refractivity contribution < 1.29 is 9.59 Å². The van der Waals surface area contributed by atoms with Crippen LogP contribution in [0.15, 0.2) is 18.2 Å². The summed E-state index contributed by atoms with van der Waals surface area (Å²) >= 11 is 0. The molecule has 1 rings (SSSR count). The minimum absolute atomic E-state index is 0.0433. The second kappa shape index (κ2) is 9.62. The summed E-state index contributed by atoms with van der Waals surface area (Å²) in [6.07, 6.45) is 0.904. The summed E-state index contributed by atoms with van der Waals surface area (Å²) in [6.45, 7) is 13.0. The lowest BCUT2D eigenvalue weighted by Crippen LogP contribution is -2.43. The highest BCUT2D eigenvalue weighted by Crippen LogP contribution is 2.25. The van der Waals surface area contributed by atoms with Crippen LogP contribution in [0.3, 0.4) is 0 Å². The summed E-state index contributed by atoms with van der Waals surface area (Å²) in [6, 6.07) is 5.57. The Morgan fingerprint density at radius 3 is 2.26 bits per heavy atom. The molecule has 6 heteroatoms. The number of anilines is 2. The molecule has 3 amide bonds. The van der Waals surface area contributed by atoms with Gasteiger partial charge in [0.05, 0.1) is 0 Å². The van der Waals surface area contributed by atoms with E-state index in [4.69, 9.17) is 0 Å². The van der Waals surface area contributed by atoms with Crippen molar-refractivity contribution in [2.24, 2.45) is 5.92 Å².